The summed E-state index contributed by atoms with van der Waals surface area (Å²) in [6, 6.07) is 8.60. The Hall–Kier alpha value is -0.530. The van der Waals surface area contributed by atoms with Gasteiger partial charge in [-0.1, -0.05) is 38.0 Å². The van der Waals surface area contributed by atoms with Crippen molar-refractivity contribution in [3.05, 3.63) is 35.2 Å². The Bertz CT molecular complexity index is 516. The smallest absolute Gasteiger partial charge is 0.0630 e. The number of rotatable bonds is 2. The second-order valence-electron chi connectivity index (χ2n) is 5.16. The van der Waals surface area contributed by atoms with Crippen LogP contribution in [0.2, 0.25) is 0 Å². The normalized spacial score (nSPS) is 26.5. The van der Waals surface area contributed by atoms with E-state index in [0.717, 1.165) is 5.92 Å². The molecule has 3 atom stereocenters. The molecule has 0 spiro atoms. The van der Waals surface area contributed by atoms with Crippen molar-refractivity contribution < 1.29 is 0 Å². The van der Waals surface area contributed by atoms with Crippen LogP contribution in [0, 0.1) is 11.8 Å². The first kappa shape index (κ1) is 11.6. The molecule has 0 nitrogen and oxygen atoms in total. The molecule has 3 unspecified atom stereocenters. The van der Waals surface area contributed by atoms with Crippen LogP contribution in [0.3, 0.4) is 0 Å². The van der Waals surface area contributed by atoms with E-state index in [-0.39, 0.29) is 5.38 Å². The van der Waals surface area contributed by atoms with E-state index in [2.05, 4.69) is 36.6 Å². The highest BCUT2D eigenvalue weighted by molar-refractivity contribution is 7.17. The van der Waals surface area contributed by atoms with Gasteiger partial charge in [0.05, 0.1) is 5.38 Å². The molecule has 17 heavy (non-hydrogen) atoms. The quantitative estimate of drug-likeness (QED) is 0.618. The van der Waals surface area contributed by atoms with E-state index < -0.39 is 0 Å². The molecule has 0 bridgehead atoms. The molecule has 1 saturated carbocycles. The molecule has 1 fully saturated rings. The SMILES string of the molecule is CC1CCCC1C(Cl)c1csc2ccccc12. The van der Waals surface area contributed by atoms with Crippen LogP contribution in [-0.2, 0) is 0 Å². The average Bonchev–Trinajstić information content (AvgIpc) is 2.94. The van der Waals surface area contributed by atoms with Crippen molar-refractivity contribution in [2.45, 2.75) is 31.6 Å². The molecule has 0 aliphatic heterocycles. The van der Waals surface area contributed by atoms with Gasteiger partial charge < -0.3 is 0 Å². The van der Waals surface area contributed by atoms with Gasteiger partial charge in [0.25, 0.3) is 0 Å². The first-order valence-electron chi connectivity index (χ1n) is 6.37. The van der Waals surface area contributed by atoms with Crippen LogP contribution < -0.4 is 0 Å². The van der Waals surface area contributed by atoms with E-state index in [1.807, 2.05) is 11.3 Å². The predicted molar refractivity (Wildman–Crippen MR) is 76.9 cm³/mol. The van der Waals surface area contributed by atoms with E-state index in [4.69, 9.17) is 11.6 Å². The van der Waals surface area contributed by atoms with E-state index in [1.165, 1.54) is 34.9 Å². The molecule has 2 aromatic rings. The van der Waals surface area contributed by atoms with E-state index in [0.29, 0.717) is 5.92 Å². The minimum Gasteiger partial charge on any atom is -0.143 e. The number of benzene rings is 1. The Morgan fingerprint density at radius 2 is 2.12 bits per heavy atom. The molecule has 2 heteroatoms. The summed E-state index contributed by atoms with van der Waals surface area (Å²) in [6.45, 7) is 2.35. The number of halogens is 1. The van der Waals surface area contributed by atoms with Crippen LogP contribution in [0.15, 0.2) is 29.6 Å². The molecule has 0 amide bonds. The first-order valence-corrected chi connectivity index (χ1v) is 7.69. The summed E-state index contributed by atoms with van der Waals surface area (Å²) in [4.78, 5) is 0. The van der Waals surface area contributed by atoms with Crippen molar-refractivity contribution >= 4 is 33.0 Å². The second kappa shape index (κ2) is 4.62. The average molecular weight is 265 g/mol. The van der Waals surface area contributed by atoms with Gasteiger partial charge in [-0.25, -0.2) is 0 Å². The lowest BCUT2D eigenvalue weighted by Gasteiger charge is -2.21. The largest absolute Gasteiger partial charge is 0.143 e. The Morgan fingerprint density at radius 1 is 1.29 bits per heavy atom. The van der Waals surface area contributed by atoms with Crippen LogP contribution >= 0.6 is 22.9 Å². The standard InChI is InChI=1S/C15H17ClS/c1-10-5-4-7-11(10)15(16)13-9-17-14-8-3-2-6-12(13)14/h2-3,6,8-11,15H,4-5,7H2,1H3. The molecule has 1 heterocycles. The van der Waals surface area contributed by atoms with Crippen LogP contribution in [-0.4, -0.2) is 0 Å². The van der Waals surface area contributed by atoms with Gasteiger partial charge in [-0.3, -0.25) is 0 Å². The summed E-state index contributed by atoms with van der Waals surface area (Å²) in [7, 11) is 0. The van der Waals surface area contributed by atoms with Crippen LogP contribution in [0.25, 0.3) is 10.1 Å². The monoisotopic (exact) mass is 264 g/mol. The third kappa shape index (κ3) is 2.00. The summed E-state index contributed by atoms with van der Waals surface area (Å²) >= 11 is 8.55. The number of alkyl halides is 1. The van der Waals surface area contributed by atoms with Gasteiger partial charge >= 0.3 is 0 Å². The van der Waals surface area contributed by atoms with Crippen molar-refractivity contribution in [3.8, 4) is 0 Å². The molecular formula is C15H17ClS. The van der Waals surface area contributed by atoms with E-state index in [1.54, 1.807) is 0 Å². The van der Waals surface area contributed by atoms with Gasteiger partial charge in [-0.05, 0) is 40.7 Å². The maximum atomic E-state index is 6.73. The van der Waals surface area contributed by atoms with Crippen molar-refractivity contribution in [1.82, 2.24) is 0 Å². The molecule has 1 aromatic carbocycles. The van der Waals surface area contributed by atoms with Gasteiger partial charge in [0.2, 0.25) is 0 Å². The Kier molecular flexibility index (Phi) is 3.14. The van der Waals surface area contributed by atoms with Gasteiger partial charge in [-0.2, -0.15) is 0 Å². The van der Waals surface area contributed by atoms with Crippen LogP contribution in [0.5, 0.6) is 0 Å². The van der Waals surface area contributed by atoms with E-state index in [9.17, 15) is 0 Å². The Balaban J connectivity index is 1.98. The third-order valence-electron chi connectivity index (χ3n) is 4.11. The van der Waals surface area contributed by atoms with Crippen molar-refractivity contribution in [2.75, 3.05) is 0 Å². The zero-order chi connectivity index (χ0) is 11.8. The highest BCUT2D eigenvalue weighted by atomic mass is 35.5. The number of thiophene rings is 1. The van der Waals surface area contributed by atoms with Crippen LogP contribution in [0.1, 0.15) is 37.1 Å². The lowest BCUT2D eigenvalue weighted by Crippen LogP contribution is -2.10. The molecule has 3 rings (SSSR count). The minimum atomic E-state index is 0.198. The highest BCUT2D eigenvalue weighted by Crippen LogP contribution is 2.46. The fraction of sp³-hybridized carbons (Fsp3) is 0.467. The molecule has 0 N–H and O–H groups in total. The first-order chi connectivity index (χ1) is 8.27. The van der Waals surface area contributed by atoms with Crippen LogP contribution in [0.4, 0.5) is 0 Å². The summed E-state index contributed by atoms with van der Waals surface area (Å²) in [6.07, 6.45) is 3.98. The van der Waals surface area contributed by atoms with Gasteiger partial charge in [0, 0.05) is 4.70 Å². The maximum Gasteiger partial charge on any atom is 0.0630 e. The fourth-order valence-corrected chi connectivity index (χ4v) is 4.68. The zero-order valence-corrected chi connectivity index (χ0v) is 11.6. The zero-order valence-electron chi connectivity index (χ0n) is 10.0. The molecule has 90 valence electrons. The minimum absolute atomic E-state index is 0.198. The van der Waals surface area contributed by atoms with Crippen molar-refractivity contribution in [2.24, 2.45) is 11.8 Å². The van der Waals surface area contributed by atoms with Gasteiger partial charge in [-0.15, -0.1) is 22.9 Å². The lowest BCUT2D eigenvalue weighted by atomic mass is 9.90. The topological polar surface area (TPSA) is 0 Å². The van der Waals surface area contributed by atoms with E-state index >= 15 is 0 Å². The number of fused-ring (bicyclic) bond motifs is 1. The summed E-state index contributed by atoms with van der Waals surface area (Å²) in [5.41, 5.74) is 1.35. The second-order valence-corrected chi connectivity index (χ2v) is 6.54. The summed E-state index contributed by atoms with van der Waals surface area (Å²) in [5, 5.41) is 3.81. The molecule has 1 aliphatic rings. The number of hydrogen-bond donors (Lipinski definition) is 0. The molecular weight excluding hydrogens is 248 g/mol. The maximum absolute atomic E-state index is 6.73. The summed E-state index contributed by atoms with van der Waals surface area (Å²) < 4.78 is 1.36. The van der Waals surface area contributed by atoms with Crippen molar-refractivity contribution in [3.63, 3.8) is 0 Å². The molecule has 1 aliphatic carbocycles. The Morgan fingerprint density at radius 3 is 2.88 bits per heavy atom. The molecule has 1 aromatic heterocycles. The predicted octanol–water partition coefficient (Wildman–Crippen LogP) is 5.62. The number of hydrogen-bond acceptors (Lipinski definition) is 1. The summed E-state index contributed by atoms with van der Waals surface area (Å²) in [5.74, 6) is 1.44. The fourth-order valence-electron chi connectivity index (χ4n) is 3.05. The van der Waals surface area contributed by atoms with Gasteiger partial charge in [0.15, 0.2) is 0 Å². The molecule has 0 radical (unpaired) electrons. The van der Waals surface area contributed by atoms with Crippen molar-refractivity contribution in [1.29, 1.82) is 0 Å². The Labute approximate surface area is 112 Å². The molecule has 0 saturated heterocycles. The highest BCUT2D eigenvalue weighted by Gasteiger charge is 2.31. The lowest BCUT2D eigenvalue weighted by molar-refractivity contribution is 0.407. The van der Waals surface area contributed by atoms with Gasteiger partial charge in [0.1, 0.15) is 0 Å². The third-order valence-corrected chi connectivity index (χ3v) is 5.65.